The van der Waals surface area contributed by atoms with Crippen molar-refractivity contribution in [3.05, 3.63) is 36.4 Å². The molecular weight excluding hydrogens is 400 g/mol. The highest BCUT2D eigenvalue weighted by Gasteiger charge is 2.31. The van der Waals surface area contributed by atoms with Gasteiger partial charge in [-0.05, 0) is 50.4 Å². The maximum atomic E-state index is 13.1. The lowest BCUT2D eigenvalue weighted by Crippen LogP contribution is -2.45. The molecule has 4 rings (SSSR count). The van der Waals surface area contributed by atoms with Crippen molar-refractivity contribution in [2.75, 3.05) is 51.2 Å². The summed E-state index contributed by atoms with van der Waals surface area (Å²) in [5.74, 6) is 1.46. The lowest BCUT2D eigenvalue weighted by molar-refractivity contribution is -0.137. The minimum absolute atomic E-state index is 0.125. The predicted molar refractivity (Wildman–Crippen MR) is 128 cm³/mol. The van der Waals surface area contributed by atoms with E-state index in [1.807, 2.05) is 30.7 Å². The molecule has 2 aliphatic heterocycles. The first kappa shape index (κ1) is 22.6. The summed E-state index contributed by atoms with van der Waals surface area (Å²) in [7, 11) is 2.16. The first-order chi connectivity index (χ1) is 15.6. The van der Waals surface area contributed by atoms with Crippen molar-refractivity contribution < 1.29 is 4.79 Å². The minimum atomic E-state index is 0.125. The zero-order valence-electron chi connectivity index (χ0n) is 19.7. The molecule has 172 valence electrons. The fourth-order valence-corrected chi connectivity index (χ4v) is 4.91. The van der Waals surface area contributed by atoms with Crippen LogP contribution in [0, 0.1) is 5.92 Å². The second-order valence-electron chi connectivity index (χ2n) is 9.13. The topological polar surface area (TPSA) is 65.5 Å². The van der Waals surface area contributed by atoms with Gasteiger partial charge in [-0.3, -0.25) is 9.78 Å². The molecule has 2 fully saturated rings. The van der Waals surface area contributed by atoms with Gasteiger partial charge in [-0.25, -0.2) is 9.97 Å². The highest BCUT2D eigenvalue weighted by Crippen LogP contribution is 2.34. The molecule has 2 aromatic rings. The Kier molecular flexibility index (Phi) is 7.35. The van der Waals surface area contributed by atoms with E-state index in [4.69, 9.17) is 9.97 Å². The van der Waals surface area contributed by atoms with E-state index in [0.29, 0.717) is 5.91 Å². The Labute approximate surface area is 191 Å². The molecule has 0 bridgehead atoms. The molecule has 1 amide bonds. The van der Waals surface area contributed by atoms with Crippen LogP contribution in [0.2, 0.25) is 0 Å². The lowest BCUT2D eigenvalue weighted by Gasteiger charge is -2.36. The van der Waals surface area contributed by atoms with E-state index in [1.54, 1.807) is 0 Å². The predicted octanol–water partition coefficient (Wildman–Crippen LogP) is 3.43. The third kappa shape index (κ3) is 4.93. The molecule has 0 radical (unpaired) electrons. The fraction of sp³-hybridized carbons (Fsp3) is 0.600. The normalized spacial score (nSPS) is 20.1. The number of anilines is 1. The van der Waals surface area contributed by atoms with Crippen LogP contribution in [0.4, 0.5) is 5.95 Å². The second kappa shape index (κ2) is 10.4. The average molecular weight is 437 g/mol. The van der Waals surface area contributed by atoms with Crippen LogP contribution in [-0.2, 0) is 4.79 Å². The zero-order chi connectivity index (χ0) is 22.5. The molecule has 32 heavy (non-hydrogen) atoms. The van der Waals surface area contributed by atoms with E-state index >= 15 is 0 Å². The standard InChI is InChI=1S/C25H36N6O/c1-4-19(5-2)24(32)31-12-6-7-21(18-31)23-22(20-8-10-26-11-9-20)17-27-25(28-23)30-15-13-29(3)14-16-30/h8-11,17,19,21H,4-7,12-16,18H2,1-3H3. The van der Waals surface area contributed by atoms with Crippen LogP contribution in [0.3, 0.4) is 0 Å². The number of carbonyl (C=O) groups is 1. The van der Waals surface area contributed by atoms with Crippen LogP contribution in [0.5, 0.6) is 0 Å². The van der Waals surface area contributed by atoms with Gasteiger partial charge in [-0.2, -0.15) is 0 Å². The zero-order valence-corrected chi connectivity index (χ0v) is 19.7. The Bertz CT molecular complexity index is 893. The lowest BCUT2D eigenvalue weighted by atomic mass is 9.89. The van der Waals surface area contributed by atoms with Crippen LogP contribution in [0.25, 0.3) is 11.1 Å². The Morgan fingerprint density at radius 3 is 2.50 bits per heavy atom. The smallest absolute Gasteiger partial charge is 0.225 e. The van der Waals surface area contributed by atoms with E-state index in [-0.39, 0.29) is 11.8 Å². The number of amides is 1. The van der Waals surface area contributed by atoms with Crippen LogP contribution in [0.15, 0.2) is 30.7 Å². The number of aromatic nitrogens is 3. The number of piperazine rings is 1. The summed E-state index contributed by atoms with van der Waals surface area (Å²) in [6.45, 7) is 9.74. The van der Waals surface area contributed by atoms with Crippen molar-refractivity contribution in [3.8, 4) is 11.1 Å². The number of carbonyl (C=O) groups excluding carboxylic acids is 1. The molecule has 2 aliphatic rings. The van der Waals surface area contributed by atoms with Gasteiger partial charge >= 0.3 is 0 Å². The monoisotopic (exact) mass is 436 g/mol. The molecule has 0 saturated carbocycles. The summed E-state index contributed by atoms with van der Waals surface area (Å²) in [6, 6.07) is 4.04. The highest BCUT2D eigenvalue weighted by molar-refractivity contribution is 5.79. The number of pyridine rings is 1. The molecule has 4 heterocycles. The molecule has 0 spiro atoms. The first-order valence-electron chi connectivity index (χ1n) is 12.1. The first-order valence-corrected chi connectivity index (χ1v) is 12.1. The van der Waals surface area contributed by atoms with Gasteiger partial charge in [0.05, 0.1) is 5.69 Å². The van der Waals surface area contributed by atoms with Crippen molar-refractivity contribution in [2.45, 2.75) is 45.4 Å². The molecule has 7 nitrogen and oxygen atoms in total. The number of likely N-dealkylation sites (N-methyl/N-ethyl adjacent to an activating group) is 1. The number of hydrogen-bond donors (Lipinski definition) is 0. The SMILES string of the molecule is CCC(CC)C(=O)N1CCCC(c2nc(N3CCN(C)CC3)ncc2-c2ccncc2)C1. The molecule has 7 heteroatoms. The Balaban J connectivity index is 1.65. The van der Waals surface area contributed by atoms with E-state index in [1.165, 1.54) is 0 Å². The van der Waals surface area contributed by atoms with Gasteiger partial charge in [-0.1, -0.05) is 13.8 Å². The largest absolute Gasteiger partial charge is 0.342 e. The van der Waals surface area contributed by atoms with Gasteiger partial charge in [0.2, 0.25) is 11.9 Å². The van der Waals surface area contributed by atoms with Gasteiger partial charge in [-0.15, -0.1) is 0 Å². The van der Waals surface area contributed by atoms with Crippen molar-refractivity contribution in [2.24, 2.45) is 5.92 Å². The molecular formula is C25H36N6O. The van der Waals surface area contributed by atoms with Crippen LogP contribution >= 0.6 is 0 Å². The molecule has 2 saturated heterocycles. The quantitative estimate of drug-likeness (QED) is 0.691. The number of hydrogen-bond acceptors (Lipinski definition) is 6. The summed E-state index contributed by atoms with van der Waals surface area (Å²) in [4.78, 5) is 33.9. The maximum Gasteiger partial charge on any atom is 0.225 e. The highest BCUT2D eigenvalue weighted by atomic mass is 16.2. The maximum absolute atomic E-state index is 13.1. The number of piperidine rings is 1. The van der Waals surface area contributed by atoms with Crippen LogP contribution in [0.1, 0.15) is 51.1 Å². The molecule has 1 atom stereocenters. The summed E-state index contributed by atoms with van der Waals surface area (Å²) in [5.41, 5.74) is 3.22. The summed E-state index contributed by atoms with van der Waals surface area (Å²) in [6.07, 6.45) is 9.48. The molecule has 1 unspecified atom stereocenters. The van der Waals surface area contributed by atoms with Crippen molar-refractivity contribution in [1.82, 2.24) is 24.8 Å². The van der Waals surface area contributed by atoms with E-state index in [9.17, 15) is 4.79 Å². The molecule has 0 aliphatic carbocycles. The third-order valence-corrected chi connectivity index (χ3v) is 7.04. The second-order valence-corrected chi connectivity index (χ2v) is 9.13. The Hall–Kier alpha value is -2.54. The number of rotatable bonds is 6. The van der Waals surface area contributed by atoms with Crippen molar-refractivity contribution in [1.29, 1.82) is 0 Å². The molecule has 0 aromatic carbocycles. The van der Waals surface area contributed by atoms with Gasteiger partial charge < -0.3 is 14.7 Å². The number of nitrogens with zero attached hydrogens (tertiary/aromatic N) is 6. The summed E-state index contributed by atoms with van der Waals surface area (Å²) in [5, 5.41) is 0. The van der Waals surface area contributed by atoms with Gasteiger partial charge in [0.1, 0.15) is 0 Å². The number of likely N-dealkylation sites (tertiary alicyclic amines) is 1. The van der Waals surface area contributed by atoms with Gasteiger partial charge in [0, 0.05) is 75.3 Å². The minimum Gasteiger partial charge on any atom is -0.342 e. The molecule has 2 aromatic heterocycles. The van der Waals surface area contributed by atoms with Crippen molar-refractivity contribution in [3.63, 3.8) is 0 Å². The summed E-state index contributed by atoms with van der Waals surface area (Å²) < 4.78 is 0. The van der Waals surface area contributed by atoms with E-state index in [0.717, 1.165) is 87.7 Å². The van der Waals surface area contributed by atoms with E-state index < -0.39 is 0 Å². The van der Waals surface area contributed by atoms with E-state index in [2.05, 4.69) is 40.6 Å². The summed E-state index contributed by atoms with van der Waals surface area (Å²) >= 11 is 0. The molecule has 0 N–H and O–H groups in total. The fourth-order valence-electron chi connectivity index (χ4n) is 4.91. The van der Waals surface area contributed by atoms with Crippen LogP contribution in [-0.4, -0.2) is 77.0 Å². The Morgan fingerprint density at radius 1 is 1.09 bits per heavy atom. The van der Waals surface area contributed by atoms with Gasteiger partial charge in [0.15, 0.2) is 0 Å². The average Bonchev–Trinajstić information content (AvgIpc) is 2.85. The van der Waals surface area contributed by atoms with Crippen LogP contribution < -0.4 is 4.90 Å². The van der Waals surface area contributed by atoms with Crippen molar-refractivity contribution >= 4 is 11.9 Å². The third-order valence-electron chi connectivity index (χ3n) is 7.04. The van der Waals surface area contributed by atoms with Gasteiger partial charge in [0.25, 0.3) is 0 Å². The Morgan fingerprint density at radius 2 is 1.81 bits per heavy atom.